The monoisotopic (exact) mass is 302 g/mol. The molecule has 20 heavy (non-hydrogen) atoms. The molecule has 7 heteroatoms. The molecule has 1 aromatic rings. The fraction of sp³-hybridized carbons (Fsp3) is 0.692. The van der Waals surface area contributed by atoms with E-state index in [2.05, 4.69) is 17.1 Å². The molecule has 1 heterocycles. The lowest BCUT2D eigenvalue weighted by molar-refractivity contribution is 0.364. The molecule has 0 radical (unpaired) electrons. The minimum atomic E-state index is -3.50. The summed E-state index contributed by atoms with van der Waals surface area (Å²) in [6.45, 7) is 7.77. The number of nitrogens with one attached hydrogen (secondary N) is 2. The molecule has 1 rings (SSSR count). The van der Waals surface area contributed by atoms with Crippen LogP contribution in [0.5, 0.6) is 0 Å². The molecule has 0 saturated carbocycles. The summed E-state index contributed by atoms with van der Waals surface area (Å²) in [7, 11) is -0.191. The first-order chi connectivity index (χ1) is 9.27. The minimum Gasteiger partial charge on any atom is -0.346 e. The Morgan fingerprint density at radius 3 is 2.50 bits per heavy atom. The van der Waals surface area contributed by atoms with Crippen molar-refractivity contribution in [1.29, 1.82) is 0 Å². The van der Waals surface area contributed by atoms with Gasteiger partial charge in [0.1, 0.15) is 4.90 Å². The van der Waals surface area contributed by atoms with Gasteiger partial charge in [-0.2, -0.15) is 0 Å². The summed E-state index contributed by atoms with van der Waals surface area (Å²) < 4.78 is 26.3. The third kappa shape index (κ3) is 4.59. The average Bonchev–Trinajstić information content (AvgIpc) is 2.72. The van der Waals surface area contributed by atoms with Crippen molar-refractivity contribution >= 4 is 10.0 Å². The molecule has 0 aliphatic carbocycles. The first-order valence-electron chi connectivity index (χ1n) is 6.89. The largest absolute Gasteiger partial charge is 0.346 e. The van der Waals surface area contributed by atoms with Gasteiger partial charge in [-0.3, -0.25) is 0 Å². The molecule has 0 aromatic carbocycles. The fourth-order valence-corrected chi connectivity index (χ4v) is 3.08. The van der Waals surface area contributed by atoms with Crippen LogP contribution in [-0.2, 0) is 16.6 Å². The number of aromatic nitrogens is 1. The van der Waals surface area contributed by atoms with E-state index in [4.69, 9.17) is 0 Å². The molecular formula is C13H26N4O2S. The van der Waals surface area contributed by atoms with E-state index in [0.717, 1.165) is 18.7 Å². The van der Waals surface area contributed by atoms with Gasteiger partial charge in [-0.05, 0) is 32.9 Å². The Bertz CT molecular complexity index is 520. The van der Waals surface area contributed by atoms with Crippen molar-refractivity contribution in [1.82, 2.24) is 19.7 Å². The first kappa shape index (κ1) is 17.2. The predicted molar refractivity (Wildman–Crippen MR) is 80.8 cm³/mol. The Balaban J connectivity index is 3.02. The lowest BCUT2D eigenvalue weighted by Gasteiger charge is -2.13. The van der Waals surface area contributed by atoms with Crippen LogP contribution in [0.3, 0.4) is 0 Å². The number of hydrazine groups is 1. The molecular weight excluding hydrogens is 276 g/mol. The van der Waals surface area contributed by atoms with E-state index in [9.17, 15) is 8.42 Å². The van der Waals surface area contributed by atoms with Crippen LogP contribution in [0.2, 0.25) is 0 Å². The SMILES string of the molecule is CCCNCc1cc(S(=O)(=O)NN(C)C)cn1C(C)C. The highest BCUT2D eigenvalue weighted by molar-refractivity contribution is 7.89. The number of nitrogens with zero attached hydrogens (tertiary/aromatic N) is 2. The second-order valence-electron chi connectivity index (χ2n) is 5.33. The van der Waals surface area contributed by atoms with E-state index in [0.29, 0.717) is 11.4 Å². The molecule has 2 N–H and O–H groups in total. The highest BCUT2D eigenvalue weighted by atomic mass is 32.2. The van der Waals surface area contributed by atoms with Crippen molar-refractivity contribution in [3.8, 4) is 0 Å². The van der Waals surface area contributed by atoms with Crippen LogP contribution in [0.1, 0.15) is 38.9 Å². The normalized spacial score (nSPS) is 12.6. The van der Waals surface area contributed by atoms with Gasteiger partial charge in [0.2, 0.25) is 0 Å². The lowest BCUT2D eigenvalue weighted by Crippen LogP contribution is -2.35. The van der Waals surface area contributed by atoms with Gasteiger partial charge in [0, 0.05) is 38.6 Å². The molecule has 0 aliphatic rings. The summed E-state index contributed by atoms with van der Waals surface area (Å²) in [6, 6.07) is 1.95. The predicted octanol–water partition coefficient (Wildman–Crippen LogP) is 1.32. The molecule has 0 bridgehead atoms. The van der Waals surface area contributed by atoms with Crippen LogP contribution in [-0.4, -0.2) is 38.6 Å². The average molecular weight is 302 g/mol. The van der Waals surface area contributed by atoms with Gasteiger partial charge in [-0.1, -0.05) is 6.92 Å². The minimum absolute atomic E-state index is 0.219. The van der Waals surface area contributed by atoms with E-state index in [1.165, 1.54) is 5.01 Å². The van der Waals surface area contributed by atoms with E-state index in [1.54, 1.807) is 26.4 Å². The summed E-state index contributed by atoms with van der Waals surface area (Å²) in [4.78, 5) is 2.75. The van der Waals surface area contributed by atoms with Crippen molar-refractivity contribution in [3.05, 3.63) is 18.0 Å². The van der Waals surface area contributed by atoms with Crippen molar-refractivity contribution < 1.29 is 8.42 Å². The summed E-state index contributed by atoms with van der Waals surface area (Å²) in [5.41, 5.74) is 0.979. The van der Waals surface area contributed by atoms with Gasteiger partial charge in [-0.25, -0.2) is 13.4 Å². The molecule has 0 spiro atoms. The van der Waals surface area contributed by atoms with Crippen LogP contribution in [0, 0.1) is 0 Å². The molecule has 0 fully saturated rings. The summed E-state index contributed by atoms with van der Waals surface area (Å²) in [5.74, 6) is 0. The second-order valence-corrected chi connectivity index (χ2v) is 6.99. The smallest absolute Gasteiger partial charge is 0.254 e. The zero-order valence-corrected chi connectivity index (χ0v) is 13.8. The number of rotatable bonds is 8. The highest BCUT2D eigenvalue weighted by Gasteiger charge is 2.19. The van der Waals surface area contributed by atoms with Crippen molar-refractivity contribution in [2.45, 2.75) is 44.7 Å². The van der Waals surface area contributed by atoms with Crippen molar-refractivity contribution in [2.75, 3.05) is 20.6 Å². The zero-order valence-electron chi connectivity index (χ0n) is 13.0. The summed E-state index contributed by atoms with van der Waals surface area (Å²) in [6.07, 6.45) is 2.75. The molecule has 0 unspecified atom stereocenters. The van der Waals surface area contributed by atoms with E-state index in [1.807, 2.05) is 18.4 Å². The van der Waals surface area contributed by atoms with Crippen LogP contribution >= 0.6 is 0 Å². The third-order valence-corrected chi connectivity index (χ3v) is 4.26. The Kier molecular flexibility index (Phi) is 6.19. The molecule has 0 atom stereocenters. The Morgan fingerprint density at radius 2 is 2.00 bits per heavy atom. The molecule has 1 aromatic heterocycles. The maximum atomic E-state index is 12.2. The number of hydrogen-bond acceptors (Lipinski definition) is 4. The van der Waals surface area contributed by atoms with Gasteiger partial charge in [0.15, 0.2) is 0 Å². The van der Waals surface area contributed by atoms with E-state index in [-0.39, 0.29) is 6.04 Å². The maximum absolute atomic E-state index is 12.2. The zero-order chi connectivity index (χ0) is 15.3. The van der Waals surface area contributed by atoms with E-state index >= 15 is 0 Å². The van der Waals surface area contributed by atoms with Gasteiger partial charge >= 0.3 is 0 Å². The molecule has 0 amide bonds. The standard InChI is InChI=1S/C13H26N4O2S/c1-6-7-14-9-12-8-13(10-17(12)11(2)3)20(18,19)15-16(4)5/h8,10-11,14-15H,6-7,9H2,1-5H3. The lowest BCUT2D eigenvalue weighted by atomic mass is 10.3. The van der Waals surface area contributed by atoms with Crippen molar-refractivity contribution in [3.63, 3.8) is 0 Å². The molecule has 6 nitrogen and oxygen atoms in total. The number of hydrogen-bond donors (Lipinski definition) is 2. The topological polar surface area (TPSA) is 66.4 Å². The maximum Gasteiger partial charge on any atom is 0.254 e. The highest BCUT2D eigenvalue weighted by Crippen LogP contribution is 2.19. The van der Waals surface area contributed by atoms with Crippen LogP contribution < -0.4 is 10.1 Å². The Morgan fingerprint density at radius 1 is 1.35 bits per heavy atom. The van der Waals surface area contributed by atoms with Gasteiger partial charge in [-0.15, -0.1) is 4.83 Å². The fourth-order valence-electron chi connectivity index (χ4n) is 1.95. The van der Waals surface area contributed by atoms with E-state index < -0.39 is 10.0 Å². The molecule has 116 valence electrons. The van der Waals surface area contributed by atoms with Gasteiger partial charge in [0.05, 0.1) is 0 Å². The number of sulfonamides is 1. The van der Waals surface area contributed by atoms with Gasteiger partial charge < -0.3 is 9.88 Å². The van der Waals surface area contributed by atoms with Crippen LogP contribution in [0.25, 0.3) is 0 Å². The van der Waals surface area contributed by atoms with Crippen LogP contribution in [0.15, 0.2) is 17.2 Å². The van der Waals surface area contributed by atoms with Crippen LogP contribution in [0.4, 0.5) is 0 Å². The quantitative estimate of drug-likeness (QED) is 0.561. The molecule has 0 saturated heterocycles. The first-order valence-corrected chi connectivity index (χ1v) is 8.37. The van der Waals surface area contributed by atoms with Gasteiger partial charge in [0.25, 0.3) is 10.0 Å². The summed E-state index contributed by atoms with van der Waals surface area (Å²) in [5, 5.41) is 4.73. The van der Waals surface area contributed by atoms with Crippen molar-refractivity contribution in [2.24, 2.45) is 0 Å². The second kappa shape index (κ2) is 7.21. The Labute approximate surface area is 122 Å². The third-order valence-electron chi connectivity index (χ3n) is 2.81. The summed E-state index contributed by atoms with van der Waals surface area (Å²) >= 11 is 0. The molecule has 0 aliphatic heterocycles. The Hall–Kier alpha value is -0.890.